The smallest absolute Gasteiger partial charge is 0.314 e. The Labute approximate surface area is 151 Å². The van der Waals surface area contributed by atoms with Gasteiger partial charge in [0, 0.05) is 16.8 Å². The van der Waals surface area contributed by atoms with Crippen molar-refractivity contribution < 1.29 is 0 Å². The van der Waals surface area contributed by atoms with Crippen molar-refractivity contribution in [3.05, 3.63) is 76.8 Å². The van der Waals surface area contributed by atoms with Gasteiger partial charge in [-0.1, -0.05) is 36.0 Å². The van der Waals surface area contributed by atoms with Gasteiger partial charge in [0.15, 0.2) is 0 Å². The molecule has 0 saturated carbocycles. The van der Waals surface area contributed by atoms with E-state index in [0.29, 0.717) is 9.66 Å². The summed E-state index contributed by atoms with van der Waals surface area (Å²) < 4.78 is 0.420. The Morgan fingerprint density at radius 2 is 2.12 bits per heavy atom. The highest BCUT2D eigenvalue weighted by molar-refractivity contribution is 7.71. The normalized spacial score (nSPS) is 15.7. The van der Waals surface area contributed by atoms with Gasteiger partial charge in [0.25, 0.3) is 0 Å². The number of aromatic nitrogens is 3. The number of halogens is 1. The third-order valence-electron chi connectivity index (χ3n) is 3.99. The maximum absolute atomic E-state index is 11.5. The van der Waals surface area contributed by atoms with Crippen LogP contribution < -0.4 is 5.69 Å². The molecule has 1 aliphatic rings. The number of hydrogen-bond donors (Lipinski definition) is 2. The van der Waals surface area contributed by atoms with E-state index in [2.05, 4.69) is 22.1 Å². The van der Waals surface area contributed by atoms with Gasteiger partial charge in [0.1, 0.15) is 4.64 Å². The molecule has 0 saturated heterocycles. The number of hydrogen-bond acceptors (Lipinski definition) is 4. The van der Waals surface area contributed by atoms with Crippen LogP contribution in [0.25, 0.3) is 12.2 Å². The quantitative estimate of drug-likeness (QED) is 0.482. The van der Waals surface area contributed by atoms with Crippen molar-refractivity contribution in [3.8, 4) is 0 Å². The van der Waals surface area contributed by atoms with Crippen LogP contribution in [0.4, 0.5) is 0 Å². The maximum atomic E-state index is 11.5. The Morgan fingerprint density at radius 1 is 1.29 bits per heavy atom. The van der Waals surface area contributed by atoms with E-state index in [-0.39, 0.29) is 11.6 Å². The summed E-state index contributed by atoms with van der Waals surface area (Å²) in [5, 5.41) is 1.67. The van der Waals surface area contributed by atoms with Crippen LogP contribution in [-0.2, 0) is 0 Å². The predicted molar refractivity (Wildman–Crippen MR) is 100 cm³/mol. The molecule has 2 aromatic heterocycles. The van der Waals surface area contributed by atoms with Gasteiger partial charge in [-0.3, -0.25) is 4.98 Å². The summed E-state index contributed by atoms with van der Waals surface area (Å²) in [7, 11) is 0. The average molecular weight is 374 g/mol. The molecule has 0 spiro atoms. The highest BCUT2D eigenvalue weighted by Gasteiger charge is 2.27. The fourth-order valence-corrected chi connectivity index (χ4v) is 4.32. The minimum Gasteiger partial charge on any atom is -0.314 e. The summed E-state index contributed by atoms with van der Waals surface area (Å²) in [5.74, 6) is -0.159. The molecule has 0 fully saturated rings. The zero-order valence-electron chi connectivity index (χ0n) is 12.6. The molecule has 120 valence electrons. The van der Waals surface area contributed by atoms with E-state index in [1.807, 2.05) is 25.1 Å². The van der Waals surface area contributed by atoms with Gasteiger partial charge in [-0.05, 0) is 36.3 Å². The van der Waals surface area contributed by atoms with Crippen molar-refractivity contribution in [1.29, 1.82) is 0 Å². The number of nitrogens with one attached hydrogen (secondary N) is 2. The van der Waals surface area contributed by atoms with Crippen LogP contribution in [0, 0.1) is 11.6 Å². The summed E-state index contributed by atoms with van der Waals surface area (Å²) in [6.45, 7) is 1.99. The second kappa shape index (κ2) is 5.81. The van der Waals surface area contributed by atoms with Gasteiger partial charge in [0.2, 0.25) is 0 Å². The van der Waals surface area contributed by atoms with E-state index in [0.717, 1.165) is 32.3 Å². The predicted octanol–water partition coefficient (Wildman–Crippen LogP) is 4.51. The van der Waals surface area contributed by atoms with E-state index in [1.165, 1.54) is 0 Å². The summed E-state index contributed by atoms with van der Waals surface area (Å²) in [5.41, 5.74) is 3.54. The average Bonchev–Trinajstić information content (AvgIpc) is 2.83. The van der Waals surface area contributed by atoms with Crippen LogP contribution in [0.1, 0.15) is 38.2 Å². The van der Waals surface area contributed by atoms with Crippen molar-refractivity contribution in [2.75, 3.05) is 0 Å². The van der Waals surface area contributed by atoms with E-state index in [4.69, 9.17) is 28.8 Å². The maximum Gasteiger partial charge on any atom is 0.323 e. The monoisotopic (exact) mass is 373 g/mol. The summed E-state index contributed by atoms with van der Waals surface area (Å²) >= 11 is 13.2. The third-order valence-corrected chi connectivity index (χ3v) is 5.52. The van der Waals surface area contributed by atoms with Gasteiger partial charge in [-0.25, -0.2) is 9.78 Å². The molecule has 0 radical (unpaired) electrons. The summed E-state index contributed by atoms with van der Waals surface area (Å²) in [6.07, 6.45) is 5.79. The first-order valence-electron chi connectivity index (χ1n) is 7.29. The lowest BCUT2D eigenvalue weighted by atomic mass is 9.88. The molecule has 0 bridgehead atoms. The van der Waals surface area contributed by atoms with Crippen molar-refractivity contribution in [1.82, 2.24) is 15.0 Å². The van der Waals surface area contributed by atoms with Gasteiger partial charge < -0.3 is 4.98 Å². The fraction of sp³-hybridized carbons (Fsp3) is 0.118. The Morgan fingerprint density at radius 3 is 2.92 bits per heavy atom. The third kappa shape index (κ3) is 2.56. The van der Waals surface area contributed by atoms with E-state index >= 15 is 0 Å². The molecule has 0 amide bonds. The molecule has 1 unspecified atom stereocenters. The van der Waals surface area contributed by atoms with Gasteiger partial charge in [-0.2, -0.15) is 0 Å². The largest absolute Gasteiger partial charge is 0.323 e. The van der Waals surface area contributed by atoms with Crippen LogP contribution in [0.3, 0.4) is 0 Å². The number of H-pyrrole nitrogens is 2. The van der Waals surface area contributed by atoms with Crippen LogP contribution in [0.15, 0.2) is 29.2 Å². The first-order valence-corrected chi connectivity index (χ1v) is 8.90. The Balaban J connectivity index is 2.06. The number of nitrogens with zero attached hydrogens (tertiary/aromatic N) is 1. The van der Waals surface area contributed by atoms with Crippen LogP contribution in [0.5, 0.6) is 0 Å². The molecule has 0 aliphatic heterocycles. The first-order chi connectivity index (χ1) is 11.5. The van der Waals surface area contributed by atoms with E-state index < -0.39 is 0 Å². The Hall–Kier alpha value is -2.02. The van der Waals surface area contributed by atoms with Crippen molar-refractivity contribution in [2.24, 2.45) is 0 Å². The van der Waals surface area contributed by atoms with Crippen LogP contribution >= 0.6 is 35.2 Å². The number of thiazole rings is 1. The number of fused-ring (bicyclic) bond motifs is 2. The van der Waals surface area contributed by atoms with Gasteiger partial charge in [-0.15, -0.1) is 11.3 Å². The summed E-state index contributed by atoms with van der Waals surface area (Å²) in [4.78, 5) is 22.7. The highest BCUT2D eigenvalue weighted by atomic mass is 35.5. The molecule has 2 N–H and O–H groups in total. The molecule has 1 atom stereocenters. The van der Waals surface area contributed by atoms with Gasteiger partial charge >= 0.3 is 5.69 Å². The molecule has 1 aromatic carbocycles. The minimum absolute atomic E-state index is 0.159. The molecular weight excluding hydrogens is 362 g/mol. The molecule has 7 heteroatoms. The molecule has 24 heavy (non-hydrogen) atoms. The number of aryl methyl sites for hydroxylation is 1. The lowest BCUT2D eigenvalue weighted by molar-refractivity contribution is 0.881. The fourth-order valence-electron chi connectivity index (χ4n) is 3.00. The Bertz CT molecular complexity index is 1090. The van der Waals surface area contributed by atoms with Crippen LogP contribution in [0.2, 0.25) is 5.02 Å². The van der Waals surface area contributed by atoms with Crippen molar-refractivity contribution in [3.63, 3.8) is 0 Å². The standard InChI is InChI=1S/C17H12ClN3OS2/c1-8-20-15-13(24-8)5-2-9-6-10(18)3-4-11(9)14(15)12-7-19-17(22)21-16(12)23/h2-7,14H,1H3,(H2,19,21,22,23). The minimum atomic E-state index is -0.318. The van der Waals surface area contributed by atoms with E-state index in [9.17, 15) is 4.79 Å². The zero-order chi connectivity index (χ0) is 16.8. The molecule has 4 rings (SSSR count). The highest BCUT2D eigenvalue weighted by Crippen LogP contribution is 2.41. The van der Waals surface area contributed by atoms with Crippen LogP contribution in [-0.4, -0.2) is 15.0 Å². The topological polar surface area (TPSA) is 61.5 Å². The molecule has 2 heterocycles. The van der Waals surface area contributed by atoms with Crippen molar-refractivity contribution in [2.45, 2.75) is 12.8 Å². The zero-order valence-corrected chi connectivity index (χ0v) is 15.0. The Kier molecular flexibility index (Phi) is 3.75. The summed E-state index contributed by atoms with van der Waals surface area (Å²) in [6, 6.07) is 5.79. The molecular formula is C17H12ClN3OS2. The number of benzene rings is 1. The second-order valence-corrected chi connectivity index (χ2v) is 7.63. The van der Waals surface area contributed by atoms with Gasteiger partial charge in [0.05, 0.1) is 21.5 Å². The van der Waals surface area contributed by atoms with Crippen molar-refractivity contribution >= 4 is 47.3 Å². The number of rotatable bonds is 1. The lowest BCUT2D eigenvalue weighted by Crippen LogP contribution is -2.15. The second-order valence-electron chi connectivity index (χ2n) is 5.55. The number of aromatic amines is 2. The molecule has 4 nitrogen and oxygen atoms in total. The van der Waals surface area contributed by atoms with E-state index in [1.54, 1.807) is 17.5 Å². The first kappa shape index (κ1) is 15.5. The molecule has 3 aromatic rings. The SMILES string of the molecule is Cc1nc2c(s1)C=Cc1cc(Cl)ccc1C2c1c[nH]c(=O)[nH]c1=S. The molecule has 1 aliphatic carbocycles. The lowest BCUT2D eigenvalue weighted by Gasteiger charge is -2.18.